The highest BCUT2D eigenvalue weighted by Gasteiger charge is 2.17. The summed E-state index contributed by atoms with van der Waals surface area (Å²) in [6, 6.07) is 7.01. The lowest BCUT2D eigenvalue weighted by atomic mass is 10.1. The molecule has 0 saturated carbocycles. The molecule has 134 valence electrons. The number of benzene rings is 2. The number of rotatable bonds is 6. The topological polar surface area (TPSA) is 101 Å². The lowest BCUT2D eigenvalue weighted by molar-refractivity contribution is 0.0693. The molecule has 0 atom stereocenters. The molecule has 2 rings (SSSR count). The van der Waals surface area contributed by atoms with Crippen LogP contribution < -0.4 is 4.74 Å². The van der Waals surface area contributed by atoms with Crippen molar-refractivity contribution < 1.29 is 28.2 Å². The van der Waals surface area contributed by atoms with Gasteiger partial charge in [-0.05, 0) is 67.8 Å². The first-order chi connectivity index (χ1) is 11.6. The first-order valence-electron chi connectivity index (χ1n) is 7.61. The van der Waals surface area contributed by atoms with Gasteiger partial charge in [-0.25, -0.2) is 13.2 Å². The summed E-state index contributed by atoms with van der Waals surface area (Å²) in [5, 5.41) is 18.4. The van der Waals surface area contributed by atoms with Crippen LogP contribution >= 0.6 is 0 Å². The standard InChI is InChI=1S/C18H20O6S/c1-11-8-15(9-12(2)13(11)3)25(22,23)7-6-24-14-4-5-17(19)16(10-14)18(20)21/h4-5,8-10,19H,6-7H2,1-3H3,(H,20,21). The zero-order valence-corrected chi connectivity index (χ0v) is 15.1. The molecular weight excluding hydrogens is 344 g/mol. The van der Waals surface area contributed by atoms with Crippen LogP contribution in [0.2, 0.25) is 0 Å². The summed E-state index contributed by atoms with van der Waals surface area (Å²) in [6.45, 7) is 5.54. The number of hydrogen-bond acceptors (Lipinski definition) is 5. The summed E-state index contributed by atoms with van der Waals surface area (Å²) in [5.41, 5.74) is 2.57. The maximum absolute atomic E-state index is 12.5. The van der Waals surface area contributed by atoms with E-state index in [2.05, 4.69) is 0 Å². The predicted octanol–water partition coefficient (Wildman–Crippen LogP) is 2.87. The van der Waals surface area contributed by atoms with Crippen LogP contribution in [0.4, 0.5) is 0 Å². The molecule has 0 bridgehead atoms. The molecule has 0 heterocycles. The fourth-order valence-corrected chi connectivity index (χ4v) is 3.59. The molecule has 0 amide bonds. The number of carboxylic acids is 1. The number of ether oxygens (including phenoxy) is 1. The molecule has 0 aliphatic rings. The van der Waals surface area contributed by atoms with E-state index in [1.165, 1.54) is 12.1 Å². The normalized spacial score (nSPS) is 11.3. The first-order valence-corrected chi connectivity index (χ1v) is 9.27. The Morgan fingerprint density at radius 2 is 1.68 bits per heavy atom. The quantitative estimate of drug-likeness (QED) is 0.817. The molecular formula is C18H20O6S. The van der Waals surface area contributed by atoms with E-state index >= 15 is 0 Å². The number of sulfone groups is 1. The van der Waals surface area contributed by atoms with Crippen LogP contribution in [0.1, 0.15) is 27.0 Å². The van der Waals surface area contributed by atoms with Crippen molar-refractivity contribution in [2.45, 2.75) is 25.7 Å². The molecule has 0 saturated heterocycles. The minimum Gasteiger partial charge on any atom is -0.507 e. The Bertz CT molecular complexity index is 892. The summed E-state index contributed by atoms with van der Waals surface area (Å²) >= 11 is 0. The number of carbonyl (C=O) groups is 1. The number of aromatic carboxylic acids is 1. The summed E-state index contributed by atoms with van der Waals surface area (Å²) in [5.74, 6) is -1.72. The van der Waals surface area contributed by atoms with Crippen LogP contribution in [-0.2, 0) is 9.84 Å². The van der Waals surface area contributed by atoms with Crippen LogP contribution in [0.5, 0.6) is 11.5 Å². The Labute approximate surface area is 146 Å². The van der Waals surface area contributed by atoms with Gasteiger partial charge < -0.3 is 14.9 Å². The maximum Gasteiger partial charge on any atom is 0.339 e. The Hall–Kier alpha value is -2.54. The molecule has 0 unspecified atom stereocenters. The van der Waals surface area contributed by atoms with Gasteiger partial charge in [0.25, 0.3) is 0 Å². The second kappa shape index (κ2) is 7.14. The van der Waals surface area contributed by atoms with Gasteiger partial charge in [0.15, 0.2) is 9.84 Å². The SMILES string of the molecule is Cc1cc(S(=O)(=O)CCOc2ccc(O)c(C(=O)O)c2)cc(C)c1C. The summed E-state index contributed by atoms with van der Waals surface area (Å²) in [6.07, 6.45) is 0. The zero-order chi connectivity index (χ0) is 18.8. The van der Waals surface area contributed by atoms with Crippen LogP contribution in [0.3, 0.4) is 0 Å². The molecule has 2 N–H and O–H groups in total. The second-order valence-electron chi connectivity index (χ2n) is 5.83. The van der Waals surface area contributed by atoms with E-state index in [1.54, 1.807) is 12.1 Å². The van der Waals surface area contributed by atoms with Crippen molar-refractivity contribution in [1.29, 1.82) is 0 Å². The fourth-order valence-electron chi connectivity index (χ4n) is 2.34. The third kappa shape index (κ3) is 4.30. The van der Waals surface area contributed by atoms with Gasteiger partial charge in [0.1, 0.15) is 23.7 Å². The van der Waals surface area contributed by atoms with E-state index in [-0.39, 0.29) is 34.3 Å². The monoisotopic (exact) mass is 364 g/mol. The predicted molar refractivity (Wildman–Crippen MR) is 93.3 cm³/mol. The average molecular weight is 364 g/mol. The van der Waals surface area contributed by atoms with Crippen molar-refractivity contribution >= 4 is 15.8 Å². The number of carboxylic acid groups (broad SMARTS) is 1. The third-order valence-corrected chi connectivity index (χ3v) is 5.74. The third-order valence-electron chi connectivity index (χ3n) is 4.08. The summed E-state index contributed by atoms with van der Waals surface area (Å²) < 4.78 is 30.2. The lowest BCUT2D eigenvalue weighted by Gasteiger charge is -2.11. The Morgan fingerprint density at radius 3 is 2.24 bits per heavy atom. The van der Waals surface area contributed by atoms with Gasteiger partial charge >= 0.3 is 5.97 Å². The van der Waals surface area contributed by atoms with Gasteiger partial charge in [-0.2, -0.15) is 0 Å². The molecule has 0 spiro atoms. The minimum atomic E-state index is -3.52. The van der Waals surface area contributed by atoms with Crippen LogP contribution in [0, 0.1) is 20.8 Å². The molecule has 25 heavy (non-hydrogen) atoms. The van der Waals surface area contributed by atoms with Gasteiger partial charge in [-0.3, -0.25) is 0 Å². The smallest absolute Gasteiger partial charge is 0.339 e. The molecule has 0 radical (unpaired) electrons. The molecule has 2 aromatic carbocycles. The second-order valence-corrected chi connectivity index (χ2v) is 7.94. The van der Waals surface area contributed by atoms with Crippen molar-refractivity contribution in [3.63, 3.8) is 0 Å². The molecule has 0 fully saturated rings. The van der Waals surface area contributed by atoms with Gasteiger partial charge in [-0.1, -0.05) is 0 Å². The first kappa shape index (κ1) is 18.8. The van der Waals surface area contributed by atoms with Gasteiger partial charge in [0.05, 0.1) is 10.6 Å². The number of aryl methyl sites for hydroxylation is 2. The van der Waals surface area contributed by atoms with Gasteiger partial charge in [0, 0.05) is 0 Å². The molecule has 6 nitrogen and oxygen atoms in total. The zero-order valence-electron chi connectivity index (χ0n) is 14.2. The molecule has 2 aromatic rings. The van der Waals surface area contributed by atoms with Crippen molar-refractivity contribution in [1.82, 2.24) is 0 Å². The largest absolute Gasteiger partial charge is 0.507 e. The maximum atomic E-state index is 12.5. The number of hydrogen-bond donors (Lipinski definition) is 2. The molecule has 0 aliphatic heterocycles. The van der Waals surface area contributed by atoms with E-state index in [4.69, 9.17) is 9.84 Å². The van der Waals surface area contributed by atoms with Gasteiger partial charge in [0.2, 0.25) is 0 Å². The van der Waals surface area contributed by atoms with Crippen molar-refractivity contribution in [2.24, 2.45) is 0 Å². The van der Waals surface area contributed by atoms with Crippen LogP contribution in [-0.4, -0.2) is 37.0 Å². The highest BCUT2D eigenvalue weighted by atomic mass is 32.2. The van der Waals surface area contributed by atoms with E-state index in [0.29, 0.717) is 0 Å². The Kier molecular flexibility index (Phi) is 5.37. The van der Waals surface area contributed by atoms with Crippen LogP contribution in [0.25, 0.3) is 0 Å². The molecule has 0 aromatic heterocycles. The highest BCUT2D eigenvalue weighted by molar-refractivity contribution is 7.91. The highest BCUT2D eigenvalue weighted by Crippen LogP contribution is 2.24. The summed E-state index contributed by atoms with van der Waals surface area (Å²) in [4.78, 5) is 11.2. The fraction of sp³-hybridized carbons (Fsp3) is 0.278. The number of phenols is 1. The summed E-state index contributed by atoms with van der Waals surface area (Å²) in [7, 11) is -3.52. The van der Waals surface area contributed by atoms with Crippen LogP contribution in [0.15, 0.2) is 35.2 Å². The average Bonchev–Trinajstić information content (AvgIpc) is 2.53. The van der Waals surface area contributed by atoms with E-state index in [9.17, 15) is 18.3 Å². The Morgan fingerprint density at radius 1 is 1.08 bits per heavy atom. The number of aromatic hydroxyl groups is 1. The van der Waals surface area contributed by atoms with E-state index in [1.807, 2.05) is 20.8 Å². The minimum absolute atomic E-state index is 0.127. The van der Waals surface area contributed by atoms with E-state index in [0.717, 1.165) is 22.8 Å². The van der Waals surface area contributed by atoms with Crippen molar-refractivity contribution in [3.8, 4) is 11.5 Å². The molecule has 7 heteroatoms. The Balaban J connectivity index is 2.11. The lowest BCUT2D eigenvalue weighted by Crippen LogP contribution is -2.15. The van der Waals surface area contributed by atoms with Crippen molar-refractivity contribution in [2.75, 3.05) is 12.4 Å². The van der Waals surface area contributed by atoms with Gasteiger partial charge in [-0.15, -0.1) is 0 Å². The van der Waals surface area contributed by atoms with Crippen molar-refractivity contribution in [3.05, 3.63) is 52.6 Å². The molecule has 0 aliphatic carbocycles. The van der Waals surface area contributed by atoms with E-state index < -0.39 is 15.8 Å².